The number of aliphatic hydroxyl groups is 1. The van der Waals surface area contributed by atoms with E-state index in [1.165, 1.54) is 6.26 Å². The first kappa shape index (κ1) is 16.4. The quantitative estimate of drug-likeness (QED) is 0.745. The Kier molecular flexibility index (Phi) is 4.51. The summed E-state index contributed by atoms with van der Waals surface area (Å²) in [5.41, 5.74) is 0.723. The number of pyridine rings is 1. The number of nitrogens with zero attached hydrogens (tertiary/aromatic N) is 1. The van der Waals surface area contributed by atoms with E-state index in [0.717, 1.165) is 10.6 Å². The van der Waals surface area contributed by atoms with Gasteiger partial charge >= 0.3 is 0 Å². The number of carbonyl (C=O) groups excluding carboxylic acids is 1. The lowest BCUT2D eigenvalue weighted by Crippen LogP contribution is -2.38. The summed E-state index contributed by atoms with van der Waals surface area (Å²) < 4.78 is 5.20. The molecule has 24 heavy (non-hydrogen) atoms. The molecule has 0 bridgehead atoms. The molecule has 0 saturated heterocycles. The van der Waals surface area contributed by atoms with Crippen molar-refractivity contribution in [1.82, 2.24) is 10.3 Å². The zero-order valence-electron chi connectivity index (χ0n) is 13.4. The van der Waals surface area contributed by atoms with Crippen LogP contribution in [0.1, 0.15) is 28.7 Å². The van der Waals surface area contributed by atoms with Crippen LogP contribution in [-0.4, -0.2) is 22.5 Å². The zero-order chi connectivity index (χ0) is 17.2. The highest BCUT2D eigenvalue weighted by atomic mass is 32.1. The summed E-state index contributed by atoms with van der Waals surface area (Å²) in [4.78, 5) is 17.9. The van der Waals surface area contributed by atoms with Gasteiger partial charge in [-0.25, -0.2) is 0 Å². The second-order valence-electron chi connectivity index (χ2n) is 5.74. The lowest BCUT2D eigenvalue weighted by molar-refractivity contribution is 0.0330. The van der Waals surface area contributed by atoms with Crippen molar-refractivity contribution in [3.8, 4) is 10.6 Å². The van der Waals surface area contributed by atoms with Gasteiger partial charge in [-0.15, -0.1) is 11.3 Å². The summed E-state index contributed by atoms with van der Waals surface area (Å²) in [7, 11) is 0. The Morgan fingerprint density at radius 2 is 2.17 bits per heavy atom. The first-order chi connectivity index (χ1) is 11.5. The third kappa shape index (κ3) is 3.39. The minimum Gasteiger partial charge on any atom is -0.466 e. The molecule has 1 unspecified atom stereocenters. The highest BCUT2D eigenvalue weighted by Crippen LogP contribution is 2.24. The van der Waals surface area contributed by atoms with E-state index in [1.807, 2.05) is 23.6 Å². The minimum atomic E-state index is -1.27. The molecule has 0 spiro atoms. The van der Waals surface area contributed by atoms with E-state index < -0.39 is 5.60 Å². The molecule has 3 aromatic heterocycles. The standard InChI is InChI=1S/C18H18N2O3S/c1-12-13(7-8-14(20-12)15-5-4-10-24-15)17(21)19-11-18(2,22)16-6-3-9-23-16/h3-10,22H,11H2,1-2H3,(H,19,21). The number of amides is 1. The van der Waals surface area contributed by atoms with E-state index in [2.05, 4.69) is 10.3 Å². The van der Waals surface area contributed by atoms with Crippen molar-refractivity contribution in [2.45, 2.75) is 19.4 Å². The molecule has 5 nitrogen and oxygen atoms in total. The van der Waals surface area contributed by atoms with Crippen molar-refractivity contribution in [2.24, 2.45) is 0 Å². The van der Waals surface area contributed by atoms with Crippen LogP contribution in [0.3, 0.4) is 0 Å². The van der Waals surface area contributed by atoms with Crippen LogP contribution < -0.4 is 5.32 Å². The molecule has 3 aromatic rings. The topological polar surface area (TPSA) is 75.4 Å². The monoisotopic (exact) mass is 342 g/mol. The molecule has 3 rings (SSSR count). The predicted octanol–water partition coefficient (Wildman–Crippen LogP) is 3.35. The fraction of sp³-hybridized carbons (Fsp3) is 0.222. The Morgan fingerprint density at radius 3 is 2.79 bits per heavy atom. The fourth-order valence-corrected chi connectivity index (χ4v) is 3.08. The molecule has 0 fully saturated rings. The van der Waals surface area contributed by atoms with Gasteiger partial charge in [0, 0.05) is 0 Å². The molecule has 3 heterocycles. The van der Waals surface area contributed by atoms with Crippen molar-refractivity contribution in [2.75, 3.05) is 6.54 Å². The summed E-state index contributed by atoms with van der Waals surface area (Å²) in [6.45, 7) is 3.44. The highest BCUT2D eigenvalue weighted by Gasteiger charge is 2.27. The number of aromatic nitrogens is 1. The smallest absolute Gasteiger partial charge is 0.253 e. The molecular formula is C18H18N2O3S. The maximum atomic E-state index is 12.4. The Bertz CT molecular complexity index is 824. The number of furan rings is 1. The van der Waals surface area contributed by atoms with E-state index in [-0.39, 0.29) is 12.5 Å². The van der Waals surface area contributed by atoms with Crippen LogP contribution >= 0.6 is 11.3 Å². The van der Waals surface area contributed by atoms with E-state index in [9.17, 15) is 9.90 Å². The van der Waals surface area contributed by atoms with Gasteiger partial charge in [0.2, 0.25) is 0 Å². The Morgan fingerprint density at radius 1 is 1.33 bits per heavy atom. The third-order valence-corrected chi connectivity index (χ3v) is 4.64. The SMILES string of the molecule is Cc1nc(-c2cccs2)ccc1C(=O)NCC(C)(O)c1ccco1. The molecular weight excluding hydrogens is 324 g/mol. The largest absolute Gasteiger partial charge is 0.466 e. The normalized spacial score (nSPS) is 13.5. The molecule has 0 radical (unpaired) electrons. The van der Waals surface area contributed by atoms with Gasteiger partial charge in [0.15, 0.2) is 0 Å². The van der Waals surface area contributed by atoms with E-state index in [1.54, 1.807) is 43.4 Å². The summed E-state index contributed by atoms with van der Waals surface area (Å²) >= 11 is 1.60. The van der Waals surface area contributed by atoms with Crippen LogP contribution in [0, 0.1) is 6.92 Å². The van der Waals surface area contributed by atoms with Gasteiger partial charge in [0.25, 0.3) is 5.91 Å². The van der Waals surface area contributed by atoms with Gasteiger partial charge in [-0.2, -0.15) is 0 Å². The van der Waals surface area contributed by atoms with E-state index in [4.69, 9.17) is 4.42 Å². The molecule has 1 atom stereocenters. The maximum absolute atomic E-state index is 12.4. The van der Waals surface area contributed by atoms with Gasteiger partial charge in [-0.1, -0.05) is 6.07 Å². The summed E-state index contributed by atoms with van der Waals surface area (Å²) in [6, 6.07) is 10.9. The first-order valence-corrected chi connectivity index (χ1v) is 8.41. The lowest BCUT2D eigenvalue weighted by atomic mass is 10.0. The zero-order valence-corrected chi connectivity index (χ0v) is 14.3. The molecule has 124 valence electrons. The molecule has 0 aliphatic heterocycles. The Labute approximate surface area is 144 Å². The number of carbonyl (C=O) groups is 1. The third-order valence-electron chi connectivity index (χ3n) is 3.75. The molecule has 0 aromatic carbocycles. The van der Waals surface area contributed by atoms with Crippen molar-refractivity contribution in [3.63, 3.8) is 0 Å². The predicted molar refractivity (Wildman–Crippen MR) is 92.9 cm³/mol. The summed E-state index contributed by atoms with van der Waals surface area (Å²) in [5.74, 6) is 0.134. The van der Waals surface area contributed by atoms with Crippen LogP contribution in [0.4, 0.5) is 0 Å². The summed E-state index contributed by atoms with van der Waals surface area (Å²) in [5, 5.41) is 15.1. The minimum absolute atomic E-state index is 0.0471. The van der Waals surface area contributed by atoms with Gasteiger partial charge in [0.1, 0.15) is 11.4 Å². The second-order valence-corrected chi connectivity index (χ2v) is 6.69. The molecule has 0 saturated carbocycles. The Balaban J connectivity index is 1.71. The van der Waals surface area contributed by atoms with Crippen molar-refractivity contribution < 1.29 is 14.3 Å². The van der Waals surface area contributed by atoms with Crippen molar-refractivity contribution in [3.05, 3.63) is 65.1 Å². The number of nitrogens with one attached hydrogen (secondary N) is 1. The van der Waals surface area contributed by atoms with Crippen LogP contribution in [0.2, 0.25) is 0 Å². The van der Waals surface area contributed by atoms with Crippen molar-refractivity contribution >= 4 is 17.2 Å². The molecule has 6 heteroatoms. The second kappa shape index (κ2) is 6.59. The number of hydrogen-bond donors (Lipinski definition) is 2. The van der Waals surface area contributed by atoms with E-state index >= 15 is 0 Å². The average molecular weight is 342 g/mol. The fourth-order valence-electron chi connectivity index (χ4n) is 2.38. The molecule has 1 amide bonds. The van der Waals surface area contributed by atoms with Crippen LogP contribution in [0.25, 0.3) is 10.6 Å². The van der Waals surface area contributed by atoms with Gasteiger partial charge in [0.05, 0.1) is 34.6 Å². The number of thiophene rings is 1. The summed E-state index contributed by atoms with van der Waals surface area (Å²) in [6.07, 6.45) is 1.49. The van der Waals surface area contributed by atoms with Gasteiger partial charge in [-0.3, -0.25) is 9.78 Å². The van der Waals surface area contributed by atoms with Gasteiger partial charge in [-0.05, 0) is 49.6 Å². The number of rotatable bonds is 5. The maximum Gasteiger partial charge on any atom is 0.253 e. The van der Waals surface area contributed by atoms with Crippen LogP contribution in [0.5, 0.6) is 0 Å². The van der Waals surface area contributed by atoms with E-state index in [0.29, 0.717) is 17.0 Å². The average Bonchev–Trinajstić information content (AvgIpc) is 3.25. The molecule has 2 N–H and O–H groups in total. The van der Waals surface area contributed by atoms with Crippen LogP contribution in [-0.2, 0) is 5.60 Å². The van der Waals surface area contributed by atoms with Gasteiger partial charge < -0.3 is 14.8 Å². The number of aryl methyl sites for hydroxylation is 1. The lowest BCUT2D eigenvalue weighted by Gasteiger charge is -2.21. The molecule has 0 aliphatic carbocycles. The van der Waals surface area contributed by atoms with Crippen LogP contribution in [0.15, 0.2) is 52.5 Å². The number of hydrogen-bond acceptors (Lipinski definition) is 5. The highest BCUT2D eigenvalue weighted by molar-refractivity contribution is 7.13. The van der Waals surface area contributed by atoms with Crippen molar-refractivity contribution in [1.29, 1.82) is 0 Å². The Hall–Kier alpha value is -2.44. The molecule has 0 aliphatic rings. The first-order valence-electron chi connectivity index (χ1n) is 7.53.